The predicted molar refractivity (Wildman–Crippen MR) is 117 cm³/mol. The number of sulfonamides is 1. The van der Waals surface area contributed by atoms with Gasteiger partial charge in [0.1, 0.15) is 4.90 Å². The molecule has 0 amide bonds. The summed E-state index contributed by atoms with van der Waals surface area (Å²) < 4.78 is 43.6. The Bertz CT molecular complexity index is 1240. The number of aromatic nitrogens is 3. The standard InChI is InChI=1S/C21H21ClN4O6S/c1-13-10-26(11-14(2)31-13)33(28,29)18-8-15(5-6-17(18)22)21(27)30-12-19-24-20(25-32-19)16-4-3-7-23-9-16/h3-9,13-14H,10-12H2,1-2H3. The van der Waals surface area contributed by atoms with Gasteiger partial charge in [-0.05, 0) is 44.2 Å². The van der Waals surface area contributed by atoms with E-state index in [1.54, 1.807) is 38.4 Å². The molecular weight excluding hydrogens is 472 g/mol. The molecular formula is C21H21ClN4O6S. The zero-order valence-electron chi connectivity index (χ0n) is 17.8. The van der Waals surface area contributed by atoms with E-state index < -0.39 is 16.0 Å². The number of hydrogen-bond donors (Lipinski definition) is 0. The molecule has 0 saturated carbocycles. The smallest absolute Gasteiger partial charge is 0.338 e. The number of benzene rings is 1. The number of hydrogen-bond acceptors (Lipinski definition) is 9. The molecule has 2 atom stereocenters. The molecule has 1 fully saturated rings. The number of esters is 1. The van der Waals surface area contributed by atoms with Crippen molar-refractivity contribution < 1.29 is 27.2 Å². The van der Waals surface area contributed by atoms with Crippen molar-refractivity contribution in [2.75, 3.05) is 13.1 Å². The Morgan fingerprint density at radius 3 is 2.70 bits per heavy atom. The summed E-state index contributed by atoms with van der Waals surface area (Å²) in [6.07, 6.45) is 2.67. The van der Waals surface area contributed by atoms with Crippen molar-refractivity contribution in [3.05, 3.63) is 59.2 Å². The fraction of sp³-hybridized carbons (Fsp3) is 0.333. The van der Waals surface area contributed by atoms with Crippen LogP contribution < -0.4 is 0 Å². The Morgan fingerprint density at radius 2 is 2.00 bits per heavy atom. The molecule has 4 rings (SSSR count). The molecule has 33 heavy (non-hydrogen) atoms. The molecule has 2 unspecified atom stereocenters. The molecule has 1 aliphatic heterocycles. The lowest BCUT2D eigenvalue weighted by Crippen LogP contribution is -2.48. The van der Waals surface area contributed by atoms with E-state index in [4.69, 9.17) is 25.6 Å². The zero-order chi connectivity index (χ0) is 23.6. The lowest BCUT2D eigenvalue weighted by atomic mass is 10.2. The number of carbonyl (C=O) groups is 1. The average Bonchev–Trinajstić information content (AvgIpc) is 3.27. The van der Waals surface area contributed by atoms with E-state index in [-0.39, 0.29) is 53.3 Å². The number of halogens is 1. The molecule has 3 heterocycles. The summed E-state index contributed by atoms with van der Waals surface area (Å²) in [6.45, 7) is 3.69. The minimum absolute atomic E-state index is 0.0105. The Kier molecular flexibility index (Phi) is 6.75. The summed E-state index contributed by atoms with van der Waals surface area (Å²) in [7, 11) is -3.94. The quantitative estimate of drug-likeness (QED) is 0.477. The van der Waals surface area contributed by atoms with Gasteiger partial charge in [0.25, 0.3) is 5.89 Å². The number of nitrogens with zero attached hydrogens (tertiary/aromatic N) is 4. The van der Waals surface area contributed by atoms with Crippen LogP contribution in [-0.4, -0.2) is 59.1 Å². The van der Waals surface area contributed by atoms with Crippen molar-refractivity contribution in [3.63, 3.8) is 0 Å². The maximum absolute atomic E-state index is 13.2. The molecule has 1 saturated heterocycles. The van der Waals surface area contributed by atoms with E-state index in [9.17, 15) is 13.2 Å². The summed E-state index contributed by atoms with van der Waals surface area (Å²) in [5.74, 6) is -0.365. The summed E-state index contributed by atoms with van der Waals surface area (Å²) in [5.41, 5.74) is 0.678. The highest BCUT2D eigenvalue weighted by atomic mass is 35.5. The molecule has 3 aromatic rings. The minimum Gasteiger partial charge on any atom is -0.452 e. The second-order valence-corrected chi connectivity index (χ2v) is 9.87. The van der Waals surface area contributed by atoms with Gasteiger partial charge in [0.2, 0.25) is 15.8 Å². The lowest BCUT2D eigenvalue weighted by Gasteiger charge is -2.34. The lowest BCUT2D eigenvalue weighted by molar-refractivity contribution is -0.0440. The summed E-state index contributed by atoms with van der Waals surface area (Å²) in [5, 5.41) is 3.84. The van der Waals surface area contributed by atoms with Crippen LogP contribution in [0.15, 0.2) is 52.1 Å². The van der Waals surface area contributed by atoms with Gasteiger partial charge in [0.05, 0.1) is 22.8 Å². The van der Waals surface area contributed by atoms with Crippen LogP contribution in [0.25, 0.3) is 11.4 Å². The van der Waals surface area contributed by atoms with Crippen molar-refractivity contribution in [2.24, 2.45) is 0 Å². The second-order valence-electron chi connectivity index (χ2n) is 7.55. The first-order chi connectivity index (χ1) is 15.7. The minimum atomic E-state index is -3.94. The fourth-order valence-electron chi connectivity index (χ4n) is 3.43. The van der Waals surface area contributed by atoms with E-state index >= 15 is 0 Å². The molecule has 0 aliphatic carbocycles. The third-order valence-electron chi connectivity index (χ3n) is 4.89. The van der Waals surface area contributed by atoms with E-state index in [0.29, 0.717) is 11.4 Å². The molecule has 0 bridgehead atoms. The topological polar surface area (TPSA) is 125 Å². The van der Waals surface area contributed by atoms with Crippen molar-refractivity contribution in [3.8, 4) is 11.4 Å². The molecule has 0 radical (unpaired) electrons. The normalized spacial score (nSPS) is 19.4. The molecule has 1 aliphatic rings. The van der Waals surface area contributed by atoms with Gasteiger partial charge < -0.3 is 14.0 Å². The van der Waals surface area contributed by atoms with Crippen LogP contribution in [0, 0.1) is 0 Å². The maximum Gasteiger partial charge on any atom is 0.338 e. The SMILES string of the molecule is CC1CN(S(=O)(=O)c2cc(C(=O)OCc3nc(-c4cccnc4)no3)ccc2Cl)CC(C)O1. The number of ether oxygens (including phenoxy) is 2. The molecule has 0 spiro atoms. The molecule has 0 N–H and O–H groups in total. The van der Waals surface area contributed by atoms with Crippen molar-refractivity contribution in [1.82, 2.24) is 19.4 Å². The van der Waals surface area contributed by atoms with Crippen molar-refractivity contribution in [1.29, 1.82) is 0 Å². The van der Waals surface area contributed by atoms with E-state index in [0.717, 1.165) is 0 Å². The number of carbonyl (C=O) groups excluding carboxylic acids is 1. The highest BCUT2D eigenvalue weighted by Gasteiger charge is 2.34. The first-order valence-corrected chi connectivity index (χ1v) is 11.9. The van der Waals surface area contributed by atoms with Crippen LogP contribution in [0.2, 0.25) is 5.02 Å². The van der Waals surface area contributed by atoms with Crippen LogP contribution >= 0.6 is 11.6 Å². The van der Waals surface area contributed by atoms with Crippen LogP contribution in [0.3, 0.4) is 0 Å². The van der Waals surface area contributed by atoms with Gasteiger partial charge >= 0.3 is 5.97 Å². The van der Waals surface area contributed by atoms with Crippen molar-refractivity contribution in [2.45, 2.75) is 37.6 Å². The molecule has 1 aromatic carbocycles. The zero-order valence-corrected chi connectivity index (χ0v) is 19.4. The fourth-order valence-corrected chi connectivity index (χ4v) is 5.52. The monoisotopic (exact) mass is 492 g/mol. The third-order valence-corrected chi connectivity index (χ3v) is 7.20. The van der Waals surface area contributed by atoms with Gasteiger partial charge in [-0.2, -0.15) is 9.29 Å². The Hall–Kier alpha value is -2.86. The van der Waals surface area contributed by atoms with Crippen LogP contribution in [0.4, 0.5) is 0 Å². The van der Waals surface area contributed by atoms with Gasteiger partial charge in [-0.15, -0.1) is 0 Å². The Labute approximate surface area is 195 Å². The molecule has 10 nitrogen and oxygen atoms in total. The van der Waals surface area contributed by atoms with E-state index in [2.05, 4.69) is 15.1 Å². The van der Waals surface area contributed by atoms with Gasteiger partial charge in [0, 0.05) is 31.0 Å². The molecule has 174 valence electrons. The first kappa shape index (κ1) is 23.3. The largest absolute Gasteiger partial charge is 0.452 e. The average molecular weight is 493 g/mol. The second kappa shape index (κ2) is 9.56. The van der Waals surface area contributed by atoms with Gasteiger partial charge in [-0.1, -0.05) is 16.8 Å². The summed E-state index contributed by atoms with van der Waals surface area (Å²) in [6, 6.07) is 7.45. The summed E-state index contributed by atoms with van der Waals surface area (Å²) >= 11 is 6.18. The van der Waals surface area contributed by atoms with Gasteiger partial charge in [-0.3, -0.25) is 4.98 Å². The highest BCUT2D eigenvalue weighted by molar-refractivity contribution is 7.89. The van der Waals surface area contributed by atoms with E-state index in [1.165, 1.54) is 22.5 Å². The Balaban J connectivity index is 1.48. The maximum atomic E-state index is 13.2. The first-order valence-electron chi connectivity index (χ1n) is 10.1. The van der Waals surface area contributed by atoms with Gasteiger partial charge in [-0.25, -0.2) is 13.2 Å². The van der Waals surface area contributed by atoms with Crippen LogP contribution in [-0.2, 0) is 26.1 Å². The predicted octanol–water partition coefficient (Wildman–Crippen LogP) is 2.94. The van der Waals surface area contributed by atoms with Crippen molar-refractivity contribution >= 4 is 27.6 Å². The highest BCUT2D eigenvalue weighted by Crippen LogP contribution is 2.28. The third kappa shape index (κ3) is 5.22. The van der Waals surface area contributed by atoms with E-state index in [1.807, 2.05) is 0 Å². The summed E-state index contributed by atoms with van der Waals surface area (Å²) in [4.78, 5) is 20.5. The molecule has 12 heteroatoms. The number of morpholine rings is 1. The number of rotatable bonds is 6. The van der Waals surface area contributed by atoms with Crippen LogP contribution in [0.1, 0.15) is 30.1 Å². The molecule has 2 aromatic heterocycles. The number of pyridine rings is 1. The Morgan fingerprint density at radius 1 is 1.24 bits per heavy atom. The van der Waals surface area contributed by atoms with Gasteiger partial charge in [0.15, 0.2) is 6.61 Å². The van der Waals surface area contributed by atoms with Crippen LogP contribution in [0.5, 0.6) is 0 Å².